The second kappa shape index (κ2) is 6.69. The molecule has 0 radical (unpaired) electrons. The monoisotopic (exact) mass is 316 g/mol. The van der Waals surface area contributed by atoms with Gasteiger partial charge in [0.2, 0.25) is 0 Å². The van der Waals surface area contributed by atoms with Crippen LogP contribution >= 0.6 is 22.7 Å². The zero-order valence-corrected chi connectivity index (χ0v) is 14.1. The molecule has 2 aromatic heterocycles. The number of thiophene rings is 1. The molecule has 0 aliphatic carbocycles. The molecule has 1 aromatic carbocycles. The van der Waals surface area contributed by atoms with E-state index in [2.05, 4.69) is 48.2 Å². The fourth-order valence-corrected chi connectivity index (χ4v) is 4.41. The van der Waals surface area contributed by atoms with E-state index in [0.29, 0.717) is 0 Å². The number of fused-ring (bicyclic) bond motifs is 1. The Morgan fingerprint density at radius 3 is 2.71 bits per heavy atom. The predicted molar refractivity (Wildman–Crippen MR) is 93.6 cm³/mol. The normalized spacial score (nSPS) is 11.6. The van der Waals surface area contributed by atoms with Crippen LogP contribution in [0.4, 0.5) is 0 Å². The molecule has 0 amide bonds. The molecule has 0 saturated heterocycles. The van der Waals surface area contributed by atoms with Crippen molar-refractivity contribution in [3.8, 4) is 0 Å². The molecule has 3 aromatic rings. The summed E-state index contributed by atoms with van der Waals surface area (Å²) >= 11 is 3.72. The first-order chi connectivity index (χ1) is 10.2. The van der Waals surface area contributed by atoms with E-state index in [-0.39, 0.29) is 0 Å². The molecule has 3 rings (SSSR count). The molecule has 4 heteroatoms. The van der Waals surface area contributed by atoms with Gasteiger partial charge >= 0.3 is 0 Å². The van der Waals surface area contributed by atoms with Crippen molar-refractivity contribution in [1.82, 2.24) is 9.88 Å². The van der Waals surface area contributed by atoms with Crippen molar-refractivity contribution in [2.75, 3.05) is 20.6 Å². The molecule has 0 bridgehead atoms. The maximum absolute atomic E-state index is 4.18. The van der Waals surface area contributed by atoms with E-state index < -0.39 is 0 Å². The lowest BCUT2D eigenvalue weighted by atomic mass is 10.0. The molecular weight excluding hydrogens is 296 g/mol. The van der Waals surface area contributed by atoms with Gasteiger partial charge in [-0.25, -0.2) is 0 Å². The molecular formula is C17H20N2S2. The summed E-state index contributed by atoms with van der Waals surface area (Å²) in [7, 11) is 4.29. The van der Waals surface area contributed by atoms with E-state index in [1.807, 2.05) is 23.0 Å². The Morgan fingerprint density at radius 1 is 1.10 bits per heavy atom. The Kier molecular flexibility index (Phi) is 4.68. The van der Waals surface area contributed by atoms with Crippen LogP contribution < -0.4 is 0 Å². The van der Waals surface area contributed by atoms with Gasteiger partial charge in [-0.1, -0.05) is 18.2 Å². The molecule has 0 saturated carbocycles. The van der Waals surface area contributed by atoms with Gasteiger partial charge in [0.15, 0.2) is 0 Å². The van der Waals surface area contributed by atoms with Crippen LogP contribution in [0.1, 0.15) is 15.3 Å². The number of hydrogen-bond acceptors (Lipinski definition) is 4. The van der Waals surface area contributed by atoms with Crippen molar-refractivity contribution in [2.24, 2.45) is 0 Å². The summed E-state index contributed by atoms with van der Waals surface area (Å²) in [5.74, 6) is 0. The molecule has 110 valence electrons. The Balaban J connectivity index is 1.87. The van der Waals surface area contributed by atoms with E-state index in [1.54, 1.807) is 21.8 Å². The zero-order valence-electron chi connectivity index (χ0n) is 12.5. The maximum atomic E-state index is 4.18. The third-order valence-corrected chi connectivity index (χ3v) is 5.79. The van der Waals surface area contributed by atoms with Gasteiger partial charge in [0.05, 0.1) is 5.51 Å². The van der Waals surface area contributed by atoms with Crippen molar-refractivity contribution >= 4 is 32.8 Å². The summed E-state index contributed by atoms with van der Waals surface area (Å²) in [6.07, 6.45) is 5.36. The number of aryl methyl sites for hydroxylation is 2. The van der Waals surface area contributed by atoms with Crippen molar-refractivity contribution in [3.63, 3.8) is 0 Å². The SMILES string of the molecule is CN(C)CCc1sc2ccccc2c1CCc1cncs1. The smallest absolute Gasteiger partial charge is 0.0794 e. The number of rotatable bonds is 6. The molecule has 2 nitrogen and oxygen atoms in total. The zero-order chi connectivity index (χ0) is 14.7. The number of benzene rings is 1. The lowest BCUT2D eigenvalue weighted by molar-refractivity contribution is 0.414. The van der Waals surface area contributed by atoms with Crippen LogP contribution in [0.25, 0.3) is 10.1 Å². The standard InChI is InChI=1S/C17H20N2S2/c1-19(2)10-9-17-15(8-7-13-11-18-12-20-13)14-5-3-4-6-16(14)21-17/h3-6,11-12H,7-10H2,1-2H3. The third kappa shape index (κ3) is 3.51. The molecule has 0 N–H and O–H groups in total. The van der Waals surface area contributed by atoms with Crippen LogP contribution in [-0.2, 0) is 19.3 Å². The van der Waals surface area contributed by atoms with Gasteiger partial charge in [0, 0.05) is 27.2 Å². The minimum Gasteiger partial charge on any atom is -0.309 e. The highest BCUT2D eigenvalue weighted by Crippen LogP contribution is 2.32. The lowest BCUT2D eigenvalue weighted by Gasteiger charge is -2.09. The highest BCUT2D eigenvalue weighted by Gasteiger charge is 2.12. The minimum atomic E-state index is 1.10. The Labute approximate surface area is 134 Å². The summed E-state index contributed by atoms with van der Waals surface area (Å²) in [5, 5.41) is 1.45. The minimum absolute atomic E-state index is 1.10. The van der Waals surface area contributed by atoms with Crippen LogP contribution in [0, 0.1) is 0 Å². The predicted octanol–water partition coefficient (Wildman–Crippen LogP) is 4.25. The first kappa shape index (κ1) is 14.7. The number of nitrogens with zero attached hydrogens (tertiary/aromatic N) is 2. The molecule has 0 atom stereocenters. The fourth-order valence-electron chi connectivity index (χ4n) is 2.56. The molecule has 2 heterocycles. The average molecular weight is 316 g/mol. The van der Waals surface area contributed by atoms with Gasteiger partial charge < -0.3 is 4.90 Å². The van der Waals surface area contributed by atoms with Gasteiger partial charge in [-0.05, 0) is 50.4 Å². The quantitative estimate of drug-likeness (QED) is 0.676. The van der Waals surface area contributed by atoms with Crippen LogP contribution in [-0.4, -0.2) is 30.5 Å². The molecule has 21 heavy (non-hydrogen) atoms. The second-order valence-corrected chi connectivity index (χ2v) is 7.63. The van der Waals surface area contributed by atoms with Crippen molar-refractivity contribution < 1.29 is 0 Å². The lowest BCUT2D eigenvalue weighted by Crippen LogP contribution is -2.15. The van der Waals surface area contributed by atoms with Crippen LogP contribution in [0.15, 0.2) is 36.0 Å². The third-order valence-electron chi connectivity index (χ3n) is 3.67. The number of likely N-dealkylation sites (N-methyl/N-ethyl adjacent to an activating group) is 1. The second-order valence-electron chi connectivity index (χ2n) is 5.52. The van der Waals surface area contributed by atoms with Crippen LogP contribution in [0.2, 0.25) is 0 Å². The summed E-state index contributed by atoms with van der Waals surface area (Å²) in [6, 6.07) is 8.81. The maximum Gasteiger partial charge on any atom is 0.0794 e. The summed E-state index contributed by atoms with van der Waals surface area (Å²) in [5.41, 5.74) is 3.47. The van der Waals surface area contributed by atoms with E-state index in [9.17, 15) is 0 Å². The molecule has 0 unspecified atom stereocenters. The van der Waals surface area contributed by atoms with Gasteiger partial charge in [-0.3, -0.25) is 4.98 Å². The van der Waals surface area contributed by atoms with Crippen molar-refractivity contribution in [2.45, 2.75) is 19.3 Å². The topological polar surface area (TPSA) is 16.1 Å². The summed E-state index contributed by atoms with van der Waals surface area (Å²) in [6.45, 7) is 1.11. The first-order valence-corrected chi connectivity index (χ1v) is 8.95. The van der Waals surface area contributed by atoms with Gasteiger partial charge in [0.25, 0.3) is 0 Å². The Hall–Kier alpha value is -1.23. The Morgan fingerprint density at radius 2 is 1.95 bits per heavy atom. The fraction of sp³-hybridized carbons (Fsp3) is 0.353. The number of hydrogen-bond donors (Lipinski definition) is 0. The first-order valence-electron chi connectivity index (χ1n) is 7.25. The molecule has 0 aliphatic rings. The van der Waals surface area contributed by atoms with E-state index in [4.69, 9.17) is 0 Å². The van der Waals surface area contributed by atoms with Gasteiger partial charge in [-0.2, -0.15) is 0 Å². The van der Waals surface area contributed by atoms with E-state index in [1.165, 1.54) is 15.0 Å². The molecule has 0 aliphatic heterocycles. The van der Waals surface area contributed by atoms with Crippen molar-refractivity contribution in [3.05, 3.63) is 51.3 Å². The highest BCUT2D eigenvalue weighted by molar-refractivity contribution is 7.19. The van der Waals surface area contributed by atoms with Crippen LogP contribution in [0.5, 0.6) is 0 Å². The van der Waals surface area contributed by atoms with Gasteiger partial charge in [0.1, 0.15) is 0 Å². The number of thiazole rings is 1. The highest BCUT2D eigenvalue weighted by atomic mass is 32.1. The van der Waals surface area contributed by atoms with E-state index in [0.717, 1.165) is 25.8 Å². The molecule has 0 spiro atoms. The van der Waals surface area contributed by atoms with Crippen molar-refractivity contribution in [1.29, 1.82) is 0 Å². The average Bonchev–Trinajstić information content (AvgIpc) is 3.10. The number of aromatic nitrogens is 1. The summed E-state index contributed by atoms with van der Waals surface area (Å²) < 4.78 is 1.42. The summed E-state index contributed by atoms with van der Waals surface area (Å²) in [4.78, 5) is 9.37. The molecule has 0 fully saturated rings. The Bertz CT molecular complexity index is 699. The van der Waals surface area contributed by atoms with E-state index >= 15 is 0 Å². The largest absolute Gasteiger partial charge is 0.309 e. The van der Waals surface area contributed by atoms with Crippen LogP contribution in [0.3, 0.4) is 0 Å². The van der Waals surface area contributed by atoms with Gasteiger partial charge in [-0.15, -0.1) is 22.7 Å².